The summed E-state index contributed by atoms with van der Waals surface area (Å²) in [4.78, 5) is 0. The molecule has 0 aliphatic rings. The van der Waals surface area contributed by atoms with Crippen LogP contribution in [0.3, 0.4) is 0 Å². The summed E-state index contributed by atoms with van der Waals surface area (Å²) in [5.74, 6) is 1.73. The SMILES string of the molecule is CCCOCCCNC(C)c1cc(OC)ccc1OC. The third-order valence-corrected chi connectivity index (χ3v) is 3.17. The number of hydrogen-bond donors (Lipinski definition) is 1. The van der Waals surface area contributed by atoms with E-state index in [0.29, 0.717) is 0 Å². The van der Waals surface area contributed by atoms with Crippen molar-refractivity contribution in [3.8, 4) is 11.5 Å². The van der Waals surface area contributed by atoms with Gasteiger partial charge in [-0.1, -0.05) is 6.92 Å². The lowest BCUT2D eigenvalue weighted by molar-refractivity contribution is 0.131. The molecule has 0 heterocycles. The Labute approximate surface area is 122 Å². The van der Waals surface area contributed by atoms with Gasteiger partial charge < -0.3 is 19.5 Å². The minimum absolute atomic E-state index is 0.214. The van der Waals surface area contributed by atoms with E-state index >= 15 is 0 Å². The zero-order valence-corrected chi connectivity index (χ0v) is 13.1. The fourth-order valence-electron chi connectivity index (χ4n) is 2.03. The minimum Gasteiger partial charge on any atom is -0.497 e. The third kappa shape index (κ3) is 5.39. The summed E-state index contributed by atoms with van der Waals surface area (Å²) in [6.07, 6.45) is 2.08. The topological polar surface area (TPSA) is 39.7 Å². The van der Waals surface area contributed by atoms with Crippen LogP contribution < -0.4 is 14.8 Å². The van der Waals surface area contributed by atoms with Crippen LogP contribution in [0.1, 0.15) is 38.3 Å². The molecule has 0 saturated heterocycles. The predicted octanol–water partition coefficient (Wildman–Crippen LogP) is 3.17. The lowest BCUT2D eigenvalue weighted by Gasteiger charge is -2.18. The second kappa shape index (κ2) is 9.61. The fourth-order valence-corrected chi connectivity index (χ4v) is 2.03. The molecule has 0 aliphatic heterocycles. The maximum Gasteiger partial charge on any atom is 0.123 e. The van der Waals surface area contributed by atoms with Crippen molar-refractivity contribution in [1.82, 2.24) is 5.32 Å². The van der Waals surface area contributed by atoms with Gasteiger partial charge in [-0.2, -0.15) is 0 Å². The van der Waals surface area contributed by atoms with Gasteiger partial charge in [0.15, 0.2) is 0 Å². The fraction of sp³-hybridized carbons (Fsp3) is 0.625. The van der Waals surface area contributed by atoms with Crippen LogP contribution in [0, 0.1) is 0 Å². The second-order valence-electron chi connectivity index (χ2n) is 4.75. The van der Waals surface area contributed by atoms with E-state index in [1.165, 1.54) is 0 Å². The summed E-state index contributed by atoms with van der Waals surface area (Å²) >= 11 is 0. The highest BCUT2D eigenvalue weighted by Gasteiger charge is 2.12. The van der Waals surface area contributed by atoms with Crippen LogP contribution in [-0.4, -0.2) is 34.0 Å². The second-order valence-corrected chi connectivity index (χ2v) is 4.75. The van der Waals surface area contributed by atoms with E-state index in [1.54, 1.807) is 14.2 Å². The normalized spacial score (nSPS) is 12.2. The first-order valence-corrected chi connectivity index (χ1v) is 7.26. The van der Waals surface area contributed by atoms with Gasteiger partial charge in [-0.3, -0.25) is 0 Å². The Morgan fingerprint density at radius 3 is 2.60 bits per heavy atom. The smallest absolute Gasteiger partial charge is 0.123 e. The summed E-state index contributed by atoms with van der Waals surface area (Å²) in [6.45, 7) is 6.83. The van der Waals surface area contributed by atoms with Gasteiger partial charge in [0, 0.05) is 24.8 Å². The van der Waals surface area contributed by atoms with Gasteiger partial charge in [0.1, 0.15) is 11.5 Å². The van der Waals surface area contributed by atoms with Crippen molar-refractivity contribution in [2.24, 2.45) is 0 Å². The van der Waals surface area contributed by atoms with Crippen molar-refractivity contribution in [3.63, 3.8) is 0 Å². The summed E-state index contributed by atoms with van der Waals surface area (Å²) in [6, 6.07) is 6.08. The Kier molecular flexibility index (Phi) is 8.07. The molecule has 114 valence electrons. The zero-order valence-electron chi connectivity index (χ0n) is 13.1. The van der Waals surface area contributed by atoms with Gasteiger partial charge in [-0.15, -0.1) is 0 Å². The summed E-state index contributed by atoms with van der Waals surface area (Å²) in [7, 11) is 3.37. The first-order chi connectivity index (χ1) is 9.72. The van der Waals surface area contributed by atoms with Gasteiger partial charge in [-0.05, 0) is 44.5 Å². The van der Waals surface area contributed by atoms with E-state index in [2.05, 4.69) is 19.2 Å². The van der Waals surface area contributed by atoms with Crippen molar-refractivity contribution in [1.29, 1.82) is 0 Å². The van der Waals surface area contributed by atoms with Gasteiger partial charge >= 0.3 is 0 Å². The standard InChI is InChI=1S/C16H27NO3/c1-5-10-20-11-6-9-17-13(2)15-12-14(18-3)7-8-16(15)19-4/h7-8,12-13,17H,5-6,9-11H2,1-4H3. The van der Waals surface area contributed by atoms with Crippen molar-refractivity contribution in [3.05, 3.63) is 23.8 Å². The van der Waals surface area contributed by atoms with E-state index in [0.717, 1.165) is 49.7 Å². The summed E-state index contributed by atoms with van der Waals surface area (Å²) < 4.78 is 16.1. The Morgan fingerprint density at radius 2 is 1.95 bits per heavy atom. The van der Waals surface area contributed by atoms with Crippen LogP contribution in [0.15, 0.2) is 18.2 Å². The lowest BCUT2D eigenvalue weighted by Crippen LogP contribution is -2.21. The van der Waals surface area contributed by atoms with Gasteiger partial charge in [-0.25, -0.2) is 0 Å². The van der Waals surface area contributed by atoms with E-state index in [4.69, 9.17) is 14.2 Å². The van der Waals surface area contributed by atoms with Crippen LogP contribution in [-0.2, 0) is 4.74 Å². The Morgan fingerprint density at radius 1 is 1.15 bits per heavy atom. The highest BCUT2D eigenvalue weighted by atomic mass is 16.5. The van der Waals surface area contributed by atoms with Crippen molar-refractivity contribution in [2.75, 3.05) is 34.0 Å². The highest BCUT2D eigenvalue weighted by molar-refractivity contribution is 5.42. The van der Waals surface area contributed by atoms with Gasteiger partial charge in [0.2, 0.25) is 0 Å². The largest absolute Gasteiger partial charge is 0.497 e. The molecule has 1 rings (SSSR count). The average Bonchev–Trinajstić information content (AvgIpc) is 2.49. The van der Waals surface area contributed by atoms with Gasteiger partial charge in [0.25, 0.3) is 0 Å². The number of ether oxygens (including phenoxy) is 3. The molecule has 0 bridgehead atoms. The molecule has 1 unspecified atom stereocenters. The first-order valence-electron chi connectivity index (χ1n) is 7.26. The van der Waals surface area contributed by atoms with Crippen LogP contribution in [0.4, 0.5) is 0 Å². The number of benzene rings is 1. The molecular formula is C16H27NO3. The molecule has 0 saturated carbocycles. The number of hydrogen-bond acceptors (Lipinski definition) is 4. The molecule has 0 fully saturated rings. The number of nitrogens with one attached hydrogen (secondary N) is 1. The van der Waals surface area contributed by atoms with E-state index in [-0.39, 0.29) is 6.04 Å². The van der Waals surface area contributed by atoms with Crippen LogP contribution in [0.25, 0.3) is 0 Å². The Bertz CT molecular complexity index is 382. The first kappa shape index (κ1) is 16.8. The van der Waals surface area contributed by atoms with E-state index in [9.17, 15) is 0 Å². The molecule has 0 aliphatic carbocycles. The molecule has 4 nitrogen and oxygen atoms in total. The maximum absolute atomic E-state index is 5.47. The molecule has 1 aromatic carbocycles. The van der Waals surface area contributed by atoms with E-state index < -0.39 is 0 Å². The molecular weight excluding hydrogens is 254 g/mol. The summed E-state index contributed by atoms with van der Waals surface area (Å²) in [5.41, 5.74) is 1.11. The van der Waals surface area contributed by atoms with E-state index in [1.807, 2.05) is 18.2 Å². The average molecular weight is 281 g/mol. The number of methoxy groups -OCH3 is 2. The van der Waals surface area contributed by atoms with Crippen molar-refractivity contribution < 1.29 is 14.2 Å². The predicted molar refractivity (Wildman–Crippen MR) is 81.7 cm³/mol. The Hall–Kier alpha value is -1.26. The van der Waals surface area contributed by atoms with Crippen LogP contribution in [0.2, 0.25) is 0 Å². The zero-order chi connectivity index (χ0) is 14.8. The quantitative estimate of drug-likeness (QED) is 0.669. The molecule has 0 radical (unpaired) electrons. The monoisotopic (exact) mass is 281 g/mol. The lowest BCUT2D eigenvalue weighted by atomic mass is 10.1. The number of rotatable bonds is 10. The molecule has 4 heteroatoms. The molecule has 1 atom stereocenters. The molecule has 1 aromatic rings. The van der Waals surface area contributed by atoms with Gasteiger partial charge in [0.05, 0.1) is 14.2 Å². The van der Waals surface area contributed by atoms with Crippen molar-refractivity contribution in [2.45, 2.75) is 32.7 Å². The molecule has 1 N–H and O–H groups in total. The molecule has 0 aromatic heterocycles. The highest BCUT2D eigenvalue weighted by Crippen LogP contribution is 2.29. The van der Waals surface area contributed by atoms with Crippen molar-refractivity contribution >= 4 is 0 Å². The molecule has 0 spiro atoms. The van der Waals surface area contributed by atoms with Crippen LogP contribution >= 0.6 is 0 Å². The maximum atomic E-state index is 5.47. The third-order valence-electron chi connectivity index (χ3n) is 3.17. The van der Waals surface area contributed by atoms with Crippen LogP contribution in [0.5, 0.6) is 11.5 Å². The minimum atomic E-state index is 0.214. The summed E-state index contributed by atoms with van der Waals surface area (Å²) in [5, 5.41) is 3.49. The Balaban J connectivity index is 2.47. The molecule has 20 heavy (non-hydrogen) atoms. The molecule has 0 amide bonds.